The van der Waals surface area contributed by atoms with Gasteiger partial charge < -0.3 is 4.42 Å². The molecule has 0 aliphatic rings. The van der Waals surface area contributed by atoms with Gasteiger partial charge in [0.1, 0.15) is 5.76 Å². The molecule has 5 heteroatoms. The first-order chi connectivity index (χ1) is 9.04. The van der Waals surface area contributed by atoms with Gasteiger partial charge in [-0.25, -0.2) is 8.42 Å². The van der Waals surface area contributed by atoms with Gasteiger partial charge in [-0.2, -0.15) is 4.31 Å². The molecule has 0 saturated carbocycles. The van der Waals surface area contributed by atoms with Gasteiger partial charge in [-0.1, -0.05) is 19.1 Å². The molecule has 0 aliphatic heterocycles. The average Bonchev–Trinajstić information content (AvgIpc) is 2.91. The fraction of sp³-hybridized carbons (Fsp3) is 0.286. The Morgan fingerprint density at radius 1 is 1.16 bits per heavy atom. The van der Waals surface area contributed by atoms with Crippen LogP contribution in [0, 0.1) is 0 Å². The minimum atomic E-state index is -3.47. The van der Waals surface area contributed by atoms with Crippen LogP contribution < -0.4 is 0 Å². The van der Waals surface area contributed by atoms with E-state index in [1.54, 1.807) is 31.3 Å². The van der Waals surface area contributed by atoms with Crippen molar-refractivity contribution in [1.29, 1.82) is 0 Å². The monoisotopic (exact) mass is 279 g/mol. The van der Waals surface area contributed by atoms with E-state index in [1.165, 1.54) is 10.6 Å². The SMILES string of the molecule is CCc1ccc(S(=O)(=O)N(C)Cc2ccco2)cc1. The molecule has 0 N–H and O–H groups in total. The number of aryl methyl sites for hydroxylation is 1. The van der Waals surface area contributed by atoms with Gasteiger partial charge in [-0.05, 0) is 36.2 Å². The number of furan rings is 1. The second kappa shape index (κ2) is 5.59. The quantitative estimate of drug-likeness (QED) is 0.845. The van der Waals surface area contributed by atoms with Gasteiger partial charge in [0, 0.05) is 7.05 Å². The average molecular weight is 279 g/mol. The van der Waals surface area contributed by atoms with Crippen LogP contribution in [-0.2, 0) is 23.0 Å². The molecule has 19 heavy (non-hydrogen) atoms. The summed E-state index contributed by atoms with van der Waals surface area (Å²) in [7, 11) is -1.92. The number of hydrogen-bond acceptors (Lipinski definition) is 3. The van der Waals surface area contributed by atoms with Crippen molar-refractivity contribution < 1.29 is 12.8 Å². The van der Waals surface area contributed by atoms with Crippen LogP contribution in [0.1, 0.15) is 18.2 Å². The van der Waals surface area contributed by atoms with Gasteiger partial charge >= 0.3 is 0 Å². The lowest BCUT2D eigenvalue weighted by Gasteiger charge is -2.16. The van der Waals surface area contributed by atoms with Gasteiger partial charge in [0.15, 0.2) is 0 Å². The van der Waals surface area contributed by atoms with E-state index < -0.39 is 10.0 Å². The molecule has 0 radical (unpaired) electrons. The van der Waals surface area contributed by atoms with E-state index in [-0.39, 0.29) is 6.54 Å². The largest absolute Gasteiger partial charge is 0.468 e. The Kier molecular flexibility index (Phi) is 4.07. The fourth-order valence-electron chi connectivity index (χ4n) is 1.78. The summed E-state index contributed by atoms with van der Waals surface area (Å²) in [5, 5.41) is 0. The zero-order valence-corrected chi connectivity index (χ0v) is 11.9. The number of nitrogens with zero attached hydrogens (tertiary/aromatic N) is 1. The predicted molar refractivity (Wildman–Crippen MR) is 73.2 cm³/mol. The maximum atomic E-state index is 12.3. The first-order valence-electron chi connectivity index (χ1n) is 6.11. The van der Waals surface area contributed by atoms with Crippen molar-refractivity contribution in [3.05, 3.63) is 54.0 Å². The number of sulfonamides is 1. The van der Waals surface area contributed by atoms with Crippen LogP contribution in [0.5, 0.6) is 0 Å². The van der Waals surface area contributed by atoms with Crippen molar-refractivity contribution >= 4 is 10.0 Å². The highest BCUT2D eigenvalue weighted by Gasteiger charge is 2.21. The standard InChI is InChI=1S/C14H17NO3S/c1-3-12-6-8-14(9-7-12)19(16,17)15(2)11-13-5-4-10-18-13/h4-10H,3,11H2,1-2H3. The predicted octanol–water partition coefficient (Wildman–Crippen LogP) is 2.66. The first kappa shape index (κ1) is 13.8. The van der Waals surface area contributed by atoms with E-state index in [1.807, 2.05) is 19.1 Å². The van der Waals surface area contributed by atoms with E-state index in [0.29, 0.717) is 10.7 Å². The third-order valence-electron chi connectivity index (χ3n) is 3.00. The molecule has 0 atom stereocenters. The van der Waals surface area contributed by atoms with Gasteiger partial charge in [-0.3, -0.25) is 0 Å². The van der Waals surface area contributed by atoms with Crippen LogP contribution in [0.2, 0.25) is 0 Å². The molecule has 2 aromatic rings. The van der Waals surface area contributed by atoms with E-state index >= 15 is 0 Å². The second-order valence-corrected chi connectivity index (χ2v) is 6.38. The molecule has 0 amide bonds. The first-order valence-corrected chi connectivity index (χ1v) is 7.55. The lowest BCUT2D eigenvalue weighted by Crippen LogP contribution is -2.26. The van der Waals surface area contributed by atoms with Crippen LogP contribution >= 0.6 is 0 Å². The van der Waals surface area contributed by atoms with Gasteiger partial charge in [0.25, 0.3) is 0 Å². The fourth-order valence-corrected chi connectivity index (χ4v) is 2.92. The maximum absolute atomic E-state index is 12.3. The maximum Gasteiger partial charge on any atom is 0.243 e. The van der Waals surface area contributed by atoms with Crippen LogP contribution in [0.25, 0.3) is 0 Å². The molecule has 4 nitrogen and oxygen atoms in total. The smallest absolute Gasteiger partial charge is 0.243 e. The minimum absolute atomic E-state index is 0.227. The summed E-state index contributed by atoms with van der Waals surface area (Å²) >= 11 is 0. The van der Waals surface area contributed by atoms with Gasteiger partial charge in [0.05, 0.1) is 17.7 Å². The van der Waals surface area contributed by atoms with E-state index in [0.717, 1.165) is 12.0 Å². The van der Waals surface area contributed by atoms with Crippen LogP contribution in [0.4, 0.5) is 0 Å². The van der Waals surface area contributed by atoms with Crippen LogP contribution in [0.3, 0.4) is 0 Å². The van der Waals surface area contributed by atoms with Crippen LogP contribution in [-0.4, -0.2) is 19.8 Å². The Bertz CT molecular complexity index is 615. The minimum Gasteiger partial charge on any atom is -0.468 e. The summed E-state index contributed by atoms with van der Waals surface area (Å²) in [6, 6.07) is 10.5. The highest BCUT2D eigenvalue weighted by Crippen LogP contribution is 2.17. The van der Waals surface area contributed by atoms with Gasteiger partial charge in [0.2, 0.25) is 10.0 Å². The van der Waals surface area contributed by atoms with E-state index in [4.69, 9.17) is 4.42 Å². The van der Waals surface area contributed by atoms with Crippen molar-refractivity contribution in [2.45, 2.75) is 24.8 Å². The zero-order valence-electron chi connectivity index (χ0n) is 11.0. The summed E-state index contributed by atoms with van der Waals surface area (Å²) < 4.78 is 31.1. The van der Waals surface area contributed by atoms with Crippen molar-refractivity contribution in [2.75, 3.05) is 7.05 Å². The van der Waals surface area contributed by atoms with E-state index in [2.05, 4.69) is 0 Å². The molecule has 0 saturated heterocycles. The molecular formula is C14H17NO3S. The summed E-state index contributed by atoms with van der Waals surface area (Å²) in [6.07, 6.45) is 2.42. The molecule has 2 rings (SSSR count). The topological polar surface area (TPSA) is 50.5 Å². The second-order valence-electron chi connectivity index (χ2n) is 4.34. The van der Waals surface area contributed by atoms with Gasteiger partial charge in [-0.15, -0.1) is 0 Å². The van der Waals surface area contributed by atoms with E-state index in [9.17, 15) is 8.42 Å². The summed E-state index contributed by atoms with van der Waals surface area (Å²) in [5.41, 5.74) is 1.12. The highest BCUT2D eigenvalue weighted by molar-refractivity contribution is 7.89. The zero-order chi connectivity index (χ0) is 13.9. The molecule has 0 spiro atoms. The Morgan fingerprint density at radius 2 is 1.84 bits per heavy atom. The molecule has 0 bridgehead atoms. The third-order valence-corrected chi connectivity index (χ3v) is 4.82. The van der Waals surface area contributed by atoms with Crippen LogP contribution in [0.15, 0.2) is 52.0 Å². The lowest BCUT2D eigenvalue weighted by atomic mass is 10.2. The summed E-state index contributed by atoms with van der Waals surface area (Å²) in [6.45, 7) is 2.26. The molecule has 0 unspecified atom stereocenters. The normalized spacial score (nSPS) is 11.9. The highest BCUT2D eigenvalue weighted by atomic mass is 32.2. The summed E-state index contributed by atoms with van der Waals surface area (Å²) in [4.78, 5) is 0.304. The Hall–Kier alpha value is -1.59. The molecule has 0 fully saturated rings. The number of rotatable bonds is 5. The molecule has 1 heterocycles. The summed E-state index contributed by atoms with van der Waals surface area (Å²) in [5.74, 6) is 0.622. The molecule has 1 aromatic heterocycles. The number of benzene rings is 1. The Morgan fingerprint density at radius 3 is 2.37 bits per heavy atom. The lowest BCUT2D eigenvalue weighted by molar-refractivity contribution is 0.406. The number of hydrogen-bond donors (Lipinski definition) is 0. The Labute approximate surface area is 113 Å². The molecule has 102 valence electrons. The van der Waals surface area contributed by atoms with Crippen molar-refractivity contribution in [3.8, 4) is 0 Å². The molecule has 1 aromatic carbocycles. The molecular weight excluding hydrogens is 262 g/mol. The van der Waals surface area contributed by atoms with Crippen molar-refractivity contribution in [3.63, 3.8) is 0 Å². The third kappa shape index (κ3) is 3.05. The Balaban J connectivity index is 2.20. The molecule has 0 aliphatic carbocycles. The van der Waals surface area contributed by atoms with Crippen molar-refractivity contribution in [1.82, 2.24) is 4.31 Å². The van der Waals surface area contributed by atoms with Crippen molar-refractivity contribution in [2.24, 2.45) is 0 Å².